The summed E-state index contributed by atoms with van der Waals surface area (Å²) in [4.78, 5) is 2.42. The summed E-state index contributed by atoms with van der Waals surface area (Å²) >= 11 is 0. The summed E-state index contributed by atoms with van der Waals surface area (Å²) in [5.41, 5.74) is 14.9. The highest BCUT2D eigenvalue weighted by atomic mass is 16.5. The van der Waals surface area contributed by atoms with Gasteiger partial charge in [0.15, 0.2) is 0 Å². The number of anilines is 3. The molecular weight excluding hydrogens is 449 g/mol. The molecular formula is C34H28BNO. The standard InChI is InChI=1S/C34H28BNO/c1-21-17-24(4)33-30(18-21)37-31-20-25(32-22(2)11-10-12-23(32)3)19-29-34(31)35(33)27-15-8-9-16-28(27)36(29)26-13-6-5-7-14-26/h5-20H,1-4H3. The van der Waals surface area contributed by atoms with Crippen molar-refractivity contribution >= 4 is 40.2 Å². The molecule has 0 saturated carbocycles. The minimum atomic E-state index is 0.123. The van der Waals surface area contributed by atoms with Crippen LogP contribution in [0.1, 0.15) is 22.3 Å². The van der Waals surface area contributed by atoms with E-state index < -0.39 is 0 Å². The van der Waals surface area contributed by atoms with Gasteiger partial charge in [0.1, 0.15) is 11.5 Å². The first kappa shape index (κ1) is 22.0. The molecule has 0 radical (unpaired) electrons. The lowest BCUT2D eigenvalue weighted by molar-refractivity contribution is 0.487. The van der Waals surface area contributed by atoms with Gasteiger partial charge in [-0.2, -0.15) is 0 Å². The molecule has 0 atom stereocenters. The monoisotopic (exact) mass is 477 g/mol. The second-order valence-corrected chi connectivity index (χ2v) is 10.4. The van der Waals surface area contributed by atoms with Gasteiger partial charge in [-0.3, -0.25) is 0 Å². The molecule has 0 amide bonds. The SMILES string of the molecule is Cc1cc(C)c2c(c1)Oc1cc(-c3c(C)cccc3C)cc3c1B2c1ccccc1N3c1ccccc1. The Labute approximate surface area is 219 Å². The molecule has 2 nitrogen and oxygen atoms in total. The van der Waals surface area contributed by atoms with Gasteiger partial charge in [-0.05, 0) is 108 Å². The molecule has 5 aromatic carbocycles. The van der Waals surface area contributed by atoms with Crippen molar-refractivity contribution in [3.8, 4) is 22.6 Å². The van der Waals surface area contributed by atoms with E-state index in [2.05, 4.69) is 130 Å². The molecule has 37 heavy (non-hydrogen) atoms. The van der Waals surface area contributed by atoms with Gasteiger partial charge < -0.3 is 9.64 Å². The largest absolute Gasteiger partial charge is 0.458 e. The van der Waals surface area contributed by atoms with Crippen molar-refractivity contribution in [3.63, 3.8) is 0 Å². The Morgan fingerprint density at radius 2 is 1.30 bits per heavy atom. The van der Waals surface area contributed by atoms with Crippen LogP contribution in [0.3, 0.4) is 0 Å². The molecule has 0 unspecified atom stereocenters. The van der Waals surface area contributed by atoms with Crippen LogP contribution in [-0.4, -0.2) is 6.71 Å². The number of fused-ring (bicyclic) bond motifs is 4. The Kier molecular flexibility index (Phi) is 4.84. The van der Waals surface area contributed by atoms with Gasteiger partial charge in [-0.1, -0.05) is 66.2 Å². The third-order valence-corrected chi connectivity index (χ3v) is 7.92. The number of para-hydroxylation sites is 2. The molecule has 0 aliphatic carbocycles. The fourth-order valence-corrected chi connectivity index (χ4v) is 6.47. The van der Waals surface area contributed by atoms with Gasteiger partial charge in [-0.25, -0.2) is 0 Å². The predicted molar refractivity (Wildman–Crippen MR) is 157 cm³/mol. The zero-order valence-electron chi connectivity index (χ0n) is 21.7. The van der Waals surface area contributed by atoms with Crippen LogP contribution >= 0.6 is 0 Å². The van der Waals surface area contributed by atoms with Gasteiger partial charge in [0, 0.05) is 17.1 Å². The van der Waals surface area contributed by atoms with Crippen molar-refractivity contribution in [3.05, 3.63) is 119 Å². The maximum atomic E-state index is 6.80. The maximum absolute atomic E-state index is 6.80. The molecule has 178 valence electrons. The van der Waals surface area contributed by atoms with Crippen LogP contribution < -0.4 is 26.0 Å². The molecule has 0 fully saturated rings. The van der Waals surface area contributed by atoms with Crippen molar-refractivity contribution in [2.24, 2.45) is 0 Å². The lowest BCUT2D eigenvalue weighted by Crippen LogP contribution is -2.60. The Balaban J connectivity index is 1.60. The molecule has 0 bridgehead atoms. The third-order valence-electron chi connectivity index (χ3n) is 7.92. The summed E-state index contributed by atoms with van der Waals surface area (Å²) in [6.07, 6.45) is 0. The molecule has 0 spiro atoms. The fraction of sp³-hybridized carbons (Fsp3) is 0.118. The number of benzene rings is 5. The van der Waals surface area contributed by atoms with Crippen LogP contribution in [0.15, 0.2) is 97.1 Å². The molecule has 5 aromatic rings. The zero-order valence-corrected chi connectivity index (χ0v) is 21.7. The Hall–Kier alpha value is -4.24. The van der Waals surface area contributed by atoms with E-state index in [1.54, 1.807) is 0 Å². The van der Waals surface area contributed by atoms with Crippen LogP contribution in [-0.2, 0) is 0 Å². The van der Waals surface area contributed by atoms with E-state index in [0.29, 0.717) is 0 Å². The Morgan fingerprint density at radius 1 is 0.595 bits per heavy atom. The van der Waals surface area contributed by atoms with E-state index in [-0.39, 0.29) is 6.71 Å². The van der Waals surface area contributed by atoms with E-state index >= 15 is 0 Å². The van der Waals surface area contributed by atoms with Gasteiger partial charge in [0.25, 0.3) is 6.71 Å². The first-order valence-electron chi connectivity index (χ1n) is 13.0. The molecule has 0 N–H and O–H groups in total. The molecule has 2 aliphatic rings. The highest BCUT2D eigenvalue weighted by Gasteiger charge is 2.42. The molecule has 0 aromatic heterocycles. The number of rotatable bonds is 2. The van der Waals surface area contributed by atoms with Gasteiger partial charge in [-0.15, -0.1) is 0 Å². The van der Waals surface area contributed by atoms with E-state index in [4.69, 9.17) is 4.74 Å². The summed E-state index contributed by atoms with van der Waals surface area (Å²) in [6, 6.07) is 35.2. The number of hydrogen-bond acceptors (Lipinski definition) is 2. The van der Waals surface area contributed by atoms with Gasteiger partial charge in [0.05, 0.1) is 0 Å². The van der Waals surface area contributed by atoms with Crippen LogP contribution in [0.2, 0.25) is 0 Å². The first-order valence-corrected chi connectivity index (χ1v) is 13.0. The number of hydrogen-bond donors (Lipinski definition) is 0. The van der Waals surface area contributed by atoms with Crippen molar-refractivity contribution in [1.82, 2.24) is 0 Å². The topological polar surface area (TPSA) is 12.5 Å². The highest BCUT2D eigenvalue weighted by molar-refractivity contribution is 6.99. The van der Waals surface area contributed by atoms with Crippen molar-refractivity contribution in [2.75, 3.05) is 4.90 Å². The van der Waals surface area contributed by atoms with E-state index in [0.717, 1.165) is 17.2 Å². The van der Waals surface area contributed by atoms with Crippen molar-refractivity contribution in [1.29, 1.82) is 0 Å². The smallest absolute Gasteiger partial charge is 0.256 e. The average molecular weight is 477 g/mol. The van der Waals surface area contributed by atoms with Gasteiger partial charge >= 0.3 is 0 Å². The van der Waals surface area contributed by atoms with Gasteiger partial charge in [0.2, 0.25) is 0 Å². The molecule has 2 heterocycles. The predicted octanol–water partition coefficient (Wildman–Crippen LogP) is 6.99. The van der Waals surface area contributed by atoms with E-state index in [9.17, 15) is 0 Å². The normalized spacial score (nSPS) is 13.0. The van der Waals surface area contributed by atoms with Crippen molar-refractivity contribution < 1.29 is 4.74 Å². The van der Waals surface area contributed by atoms with Crippen LogP contribution in [0, 0.1) is 27.7 Å². The summed E-state index contributed by atoms with van der Waals surface area (Å²) in [7, 11) is 0. The third kappa shape index (κ3) is 3.27. The summed E-state index contributed by atoms with van der Waals surface area (Å²) in [5, 5.41) is 0. The highest BCUT2D eigenvalue weighted by Crippen LogP contribution is 2.43. The Morgan fingerprint density at radius 3 is 2.08 bits per heavy atom. The minimum Gasteiger partial charge on any atom is -0.458 e. The van der Waals surface area contributed by atoms with Crippen LogP contribution in [0.5, 0.6) is 11.5 Å². The zero-order chi connectivity index (χ0) is 25.3. The summed E-state index contributed by atoms with van der Waals surface area (Å²) in [5.74, 6) is 1.93. The molecule has 0 saturated heterocycles. The average Bonchev–Trinajstić information content (AvgIpc) is 2.88. The fourth-order valence-electron chi connectivity index (χ4n) is 6.47. The maximum Gasteiger partial charge on any atom is 0.256 e. The van der Waals surface area contributed by atoms with E-state index in [1.165, 1.54) is 61.1 Å². The van der Waals surface area contributed by atoms with Crippen LogP contribution in [0.4, 0.5) is 17.1 Å². The second-order valence-electron chi connectivity index (χ2n) is 10.4. The first-order chi connectivity index (χ1) is 18.0. The van der Waals surface area contributed by atoms with Crippen molar-refractivity contribution in [2.45, 2.75) is 27.7 Å². The number of nitrogens with zero attached hydrogens (tertiary/aromatic N) is 1. The lowest BCUT2D eigenvalue weighted by Gasteiger charge is -2.41. The lowest BCUT2D eigenvalue weighted by atomic mass is 9.33. The van der Waals surface area contributed by atoms with Crippen LogP contribution in [0.25, 0.3) is 11.1 Å². The second kappa shape index (κ2) is 8.14. The quantitative estimate of drug-likeness (QED) is 0.249. The summed E-state index contributed by atoms with van der Waals surface area (Å²) < 4.78 is 6.80. The number of ether oxygens (including phenoxy) is 1. The number of aryl methyl sites for hydroxylation is 4. The Bertz CT molecular complexity index is 1690. The minimum absolute atomic E-state index is 0.123. The molecule has 2 aliphatic heterocycles. The van der Waals surface area contributed by atoms with E-state index in [1.807, 2.05) is 0 Å². The molecule has 7 rings (SSSR count). The molecule has 3 heteroatoms. The summed E-state index contributed by atoms with van der Waals surface area (Å²) in [6.45, 7) is 8.89.